The number of pyridine rings is 1. The molecule has 3 heterocycles. The zero-order valence-corrected chi connectivity index (χ0v) is 20.8. The third kappa shape index (κ3) is 6.72. The van der Waals surface area contributed by atoms with Crippen molar-refractivity contribution in [2.75, 3.05) is 19.6 Å². The summed E-state index contributed by atoms with van der Waals surface area (Å²) in [5, 5.41) is 9.39. The number of nitrogens with one attached hydrogen (secondary N) is 4. The van der Waals surface area contributed by atoms with Crippen molar-refractivity contribution < 1.29 is 19.2 Å². The van der Waals surface area contributed by atoms with Gasteiger partial charge >= 0.3 is 0 Å². The van der Waals surface area contributed by atoms with Gasteiger partial charge in [0, 0.05) is 62.0 Å². The molecule has 194 valence electrons. The molecule has 0 bridgehead atoms. The fraction of sp³-hybridized carbons (Fsp3) is 0.370. The van der Waals surface area contributed by atoms with Crippen LogP contribution in [0.1, 0.15) is 42.1 Å². The number of nitrogens with zero attached hydrogens (tertiary/aromatic N) is 2. The first-order valence-electron chi connectivity index (χ1n) is 12.5. The maximum atomic E-state index is 13.2. The molecule has 1 aliphatic heterocycles. The lowest BCUT2D eigenvalue weighted by molar-refractivity contribution is -0.131. The molecule has 37 heavy (non-hydrogen) atoms. The number of hydrogen-bond donors (Lipinski definition) is 4. The van der Waals surface area contributed by atoms with E-state index in [-0.39, 0.29) is 30.6 Å². The number of hydrogen-bond acceptors (Lipinski definition) is 5. The average molecular weight is 505 g/mol. The fourth-order valence-electron chi connectivity index (χ4n) is 4.43. The van der Waals surface area contributed by atoms with Crippen LogP contribution in [0, 0.1) is 0 Å². The van der Waals surface area contributed by atoms with E-state index in [1.807, 2.05) is 30.5 Å². The SMILES string of the molecule is C[C@@H]1NC(=O)CCCN(C(=O)c2cccnc2)CCCNC(=O)[C@@H](Cc2c[nH]c3ccccc23)NC1=O. The van der Waals surface area contributed by atoms with Crippen LogP contribution >= 0.6 is 0 Å². The van der Waals surface area contributed by atoms with E-state index in [0.717, 1.165) is 16.5 Å². The fourth-order valence-corrected chi connectivity index (χ4v) is 4.43. The molecule has 2 aromatic heterocycles. The number of carbonyl (C=O) groups excluding carboxylic acids is 4. The Morgan fingerprint density at radius 2 is 1.84 bits per heavy atom. The van der Waals surface area contributed by atoms with E-state index < -0.39 is 18.0 Å². The summed E-state index contributed by atoms with van der Waals surface area (Å²) in [6.07, 6.45) is 6.38. The van der Waals surface area contributed by atoms with Gasteiger partial charge in [-0.2, -0.15) is 0 Å². The monoisotopic (exact) mass is 504 g/mol. The van der Waals surface area contributed by atoms with Crippen molar-refractivity contribution >= 4 is 34.5 Å². The van der Waals surface area contributed by atoms with Crippen molar-refractivity contribution in [3.8, 4) is 0 Å². The first kappa shape index (κ1) is 25.9. The topological polar surface area (TPSA) is 136 Å². The highest BCUT2D eigenvalue weighted by Gasteiger charge is 2.26. The lowest BCUT2D eigenvalue weighted by atomic mass is 10.0. The van der Waals surface area contributed by atoms with E-state index in [1.54, 1.807) is 30.2 Å². The van der Waals surface area contributed by atoms with Crippen molar-refractivity contribution in [1.29, 1.82) is 0 Å². The minimum Gasteiger partial charge on any atom is -0.361 e. The van der Waals surface area contributed by atoms with Crippen LogP contribution in [0.4, 0.5) is 0 Å². The maximum Gasteiger partial charge on any atom is 0.255 e. The normalized spacial score (nSPS) is 20.4. The highest BCUT2D eigenvalue weighted by molar-refractivity contribution is 5.94. The van der Waals surface area contributed by atoms with Crippen molar-refractivity contribution in [3.63, 3.8) is 0 Å². The standard InChI is InChI=1S/C27H32N6O4/c1-18-25(35)32-23(15-20-17-30-22-9-3-2-8-21(20)22)26(36)29-12-6-14-33(13-5-10-24(34)31-18)27(37)19-7-4-11-28-16-19/h2-4,7-9,11,16-18,23,30H,5-6,10,12-15H2,1H3,(H,29,36)(H,31,34)(H,32,35)/t18-,23+/m0/s1. The molecule has 0 spiro atoms. The molecular weight excluding hydrogens is 472 g/mol. The second kappa shape index (κ2) is 12.2. The number of amides is 4. The van der Waals surface area contributed by atoms with Gasteiger partial charge in [0.05, 0.1) is 5.56 Å². The molecule has 1 aromatic carbocycles. The lowest BCUT2D eigenvalue weighted by Gasteiger charge is -2.23. The third-order valence-corrected chi connectivity index (χ3v) is 6.43. The number of carbonyl (C=O) groups is 4. The van der Waals surface area contributed by atoms with Gasteiger partial charge in [0.1, 0.15) is 12.1 Å². The number of para-hydroxylation sites is 1. The molecule has 10 heteroatoms. The number of aromatic amines is 1. The molecule has 1 fully saturated rings. The Hall–Kier alpha value is -4.21. The quantitative estimate of drug-likeness (QED) is 0.429. The number of rotatable bonds is 3. The molecule has 10 nitrogen and oxygen atoms in total. The summed E-state index contributed by atoms with van der Waals surface area (Å²) in [7, 11) is 0. The van der Waals surface area contributed by atoms with Gasteiger partial charge < -0.3 is 25.8 Å². The summed E-state index contributed by atoms with van der Waals surface area (Å²) in [5.41, 5.74) is 2.32. The van der Waals surface area contributed by atoms with Crippen molar-refractivity contribution in [2.24, 2.45) is 0 Å². The Morgan fingerprint density at radius 3 is 2.65 bits per heavy atom. The zero-order valence-electron chi connectivity index (χ0n) is 20.8. The first-order chi connectivity index (χ1) is 17.9. The van der Waals surface area contributed by atoms with Crippen LogP contribution in [0.15, 0.2) is 55.0 Å². The van der Waals surface area contributed by atoms with E-state index >= 15 is 0 Å². The summed E-state index contributed by atoms with van der Waals surface area (Å²) in [5.74, 6) is -1.22. The predicted octanol–water partition coefficient (Wildman–Crippen LogP) is 1.54. The van der Waals surface area contributed by atoms with E-state index in [1.165, 1.54) is 6.20 Å². The van der Waals surface area contributed by atoms with Crippen molar-refractivity contribution in [1.82, 2.24) is 30.8 Å². The molecule has 1 saturated heterocycles. The second-order valence-corrected chi connectivity index (χ2v) is 9.20. The summed E-state index contributed by atoms with van der Waals surface area (Å²) >= 11 is 0. The van der Waals surface area contributed by atoms with Gasteiger partial charge in [-0.05, 0) is 43.5 Å². The van der Waals surface area contributed by atoms with E-state index in [0.29, 0.717) is 38.0 Å². The molecule has 0 radical (unpaired) electrons. The van der Waals surface area contributed by atoms with Crippen LogP contribution in [0.3, 0.4) is 0 Å². The van der Waals surface area contributed by atoms with Crippen LogP contribution < -0.4 is 16.0 Å². The van der Waals surface area contributed by atoms with E-state index in [4.69, 9.17) is 0 Å². The first-order valence-corrected chi connectivity index (χ1v) is 12.5. The van der Waals surface area contributed by atoms with Gasteiger partial charge in [-0.15, -0.1) is 0 Å². The number of fused-ring (bicyclic) bond motifs is 1. The third-order valence-electron chi connectivity index (χ3n) is 6.43. The number of H-pyrrole nitrogens is 1. The maximum absolute atomic E-state index is 13.2. The van der Waals surface area contributed by atoms with Gasteiger partial charge in [0.2, 0.25) is 17.7 Å². The number of benzene rings is 1. The molecule has 0 saturated carbocycles. The van der Waals surface area contributed by atoms with Crippen molar-refractivity contribution in [3.05, 3.63) is 66.1 Å². The molecule has 3 aromatic rings. The predicted molar refractivity (Wildman–Crippen MR) is 139 cm³/mol. The largest absolute Gasteiger partial charge is 0.361 e. The van der Waals surface area contributed by atoms with Gasteiger partial charge in [0.15, 0.2) is 0 Å². The summed E-state index contributed by atoms with van der Waals surface area (Å²) in [6.45, 7) is 2.71. The molecule has 4 rings (SSSR count). The Bertz CT molecular complexity index is 1260. The van der Waals surface area contributed by atoms with Crippen molar-refractivity contribution in [2.45, 2.75) is 44.7 Å². The second-order valence-electron chi connectivity index (χ2n) is 9.20. The minimum atomic E-state index is -0.829. The summed E-state index contributed by atoms with van der Waals surface area (Å²) in [4.78, 5) is 60.4. The molecular formula is C27H32N6O4. The number of aromatic nitrogens is 2. The van der Waals surface area contributed by atoms with Gasteiger partial charge in [0.25, 0.3) is 5.91 Å². The Morgan fingerprint density at radius 1 is 1.03 bits per heavy atom. The summed E-state index contributed by atoms with van der Waals surface area (Å²) in [6, 6.07) is 9.52. The molecule has 4 amide bonds. The van der Waals surface area contributed by atoms with E-state index in [2.05, 4.69) is 25.9 Å². The molecule has 0 aliphatic carbocycles. The average Bonchev–Trinajstić information content (AvgIpc) is 3.31. The summed E-state index contributed by atoms with van der Waals surface area (Å²) < 4.78 is 0. The molecule has 2 atom stereocenters. The van der Waals surface area contributed by atoms with E-state index in [9.17, 15) is 19.2 Å². The van der Waals surface area contributed by atoms with Crippen LogP contribution in [-0.2, 0) is 20.8 Å². The Labute approximate surface area is 215 Å². The van der Waals surface area contributed by atoms with Crippen LogP contribution in [-0.4, -0.2) is 70.2 Å². The van der Waals surface area contributed by atoms with Crippen LogP contribution in [0.2, 0.25) is 0 Å². The van der Waals surface area contributed by atoms with Gasteiger partial charge in [-0.1, -0.05) is 18.2 Å². The van der Waals surface area contributed by atoms with Gasteiger partial charge in [-0.25, -0.2) is 0 Å². The highest BCUT2D eigenvalue weighted by atomic mass is 16.2. The molecule has 4 N–H and O–H groups in total. The van der Waals surface area contributed by atoms with Crippen LogP contribution in [0.5, 0.6) is 0 Å². The Balaban J connectivity index is 1.50. The highest BCUT2D eigenvalue weighted by Crippen LogP contribution is 2.19. The Kier molecular flexibility index (Phi) is 8.50. The zero-order chi connectivity index (χ0) is 26.2. The van der Waals surface area contributed by atoms with Crippen LogP contribution in [0.25, 0.3) is 10.9 Å². The molecule has 0 unspecified atom stereocenters. The lowest BCUT2D eigenvalue weighted by Crippen LogP contribution is -2.53. The van der Waals surface area contributed by atoms with Gasteiger partial charge in [-0.3, -0.25) is 24.2 Å². The smallest absolute Gasteiger partial charge is 0.255 e. The molecule has 1 aliphatic rings. The minimum absolute atomic E-state index is 0.171.